The number of halogens is 1. The molecule has 1 N–H and O–H groups in total. The van der Waals surface area contributed by atoms with Crippen LogP contribution in [0.4, 0.5) is 0 Å². The number of rotatable bonds is 10. The zero-order chi connectivity index (χ0) is 22.3. The van der Waals surface area contributed by atoms with E-state index in [9.17, 15) is 13.2 Å². The summed E-state index contributed by atoms with van der Waals surface area (Å²) in [6.07, 6.45) is 2.14. The summed E-state index contributed by atoms with van der Waals surface area (Å²) in [5.74, 6) is 0.192. The smallest absolute Gasteiger partial charge is 0.324 e. The SMILES string of the molecule is CSCCC(NS(=O)(=O)c1ccccc1)C(=O)OCc1nnc(-c2ccc(Cl)cc2)o1. The minimum Gasteiger partial charge on any atom is -0.454 e. The van der Waals surface area contributed by atoms with Crippen molar-refractivity contribution < 1.29 is 22.4 Å². The molecule has 1 unspecified atom stereocenters. The number of carbonyl (C=O) groups excluding carboxylic acids is 1. The Labute approximate surface area is 189 Å². The Morgan fingerprint density at radius 2 is 1.87 bits per heavy atom. The summed E-state index contributed by atoms with van der Waals surface area (Å²) in [6.45, 7) is -0.276. The van der Waals surface area contributed by atoms with Gasteiger partial charge < -0.3 is 9.15 Å². The third kappa shape index (κ3) is 6.54. The molecule has 31 heavy (non-hydrogen) atoms. The molecule has 0 aliphatic rings. The van der Waals surface area contributed by atoms with E-state index in [2.05, 4.69) is 14.9 Å². The number of sulfonamides is 1. The number of nitrogens with one attached hydrogen (secondary N) is 1. The van der Waals surface area contributed by atoms with Gasteiger partial charge in [0.2, 0.25) is 15.9 Å². The molecule has 3 rings (SSSR count). The first-order valence-electron chi connectivity index (χ1n) is 9.20. The molecule has 1 heterocycles. The average molecular weight is 482 g/mol. The zero-order valence-electron chi connectivity index (χ0n) is 16.5. The van der Waals surface area contributed by atoms with Crippen molar-refractivity contribution in [1.29, 1.82) is 0 Å². The Kier molecular flexibility index (Phi) is 8.08. The minimum absolute atomic E-state index is 0.0708. The third-order valence-electron chi connectivity index (χ3n) is 4.14. The number of hydrogen-bond donors (Lipinski definition) is 1. The number of hydrogen-bond acceptors (Lipinski definition) is 8. The van der Waals surface area contributed by atoms with Crippen molar-refractivity contribution in [1.82, 2.24) is 14.9 Å². The highest BCUT2D eigenvalue weighted by Gasteiger charge is 2.27. The summed E-state index contributed by atoms with van der Waals surface area (Å²) in [5.41, 5.74) is 0.669. The molecular formula is C20H20ClN3O5S2. The fourth-order valence-electron chi connectivity index (χ4n) is 2.57. The van der Waals surface area contributed by atoms with Gasteiger partial charge in [-0.25, -0.2) is 8.42 Å². The lowest BCUT2D eigenvalue weighted by molar-refractivity contribution is -0.147. The summed E-state index contributed by atoms with van der Waals surface area (Å²) < 4.78 is 38.4. The predicted octanol–water partition coefficient (Wildman–Crippen LogP) is 3.53. The maximum Gasteiger partial charge on any atom is 0.324 e. The standard InChI is InChI=1S/C20H20ClN3O5S2/c1-30-12-11-17(24-31(26,27)16-5-3-2-4-6-16)20(25)28-13-18-22-23-19(29-18)14-7-9-15(21)10-8-14/h2-10,17,24H,11-13H2,1H3. The van der Waals surface area contributed by atoms with Crippen molar-refractivity contribution in [3.63, 3.8) is 0 Å². The van der Waals surface area contributed by atoms with Gasteiger partial charge in [-0.15, -0.1) is 10.2 Å². The van der Waals surface area contributed by atoms with Gasteiger partial charge in [0.15, 0.2) is 6.61 Å². The van der Waals surface area contributed by atoms with Crippen LogP contribution in [0.15, 0.2) is 63.9 Å². The van der Waals surface area contributed by atoms with Gasteiger partial charge in [0.1, 0.15) is 6.04 Å². The molecule has 2 aromatic carbocycles. The van der Waals surface area contributed by atoms with E-state index in [0.717, 1.165) is 0 Å². The van der Waals surface area contributed by atoms with Crippen LogP contribution in [0.3, 0.4) is 0 Å². The lowest BCUT2D eigenvalue weighted by atomic mass is 10.2. The van der Waals surface area contributed by atoms with Gasteiger partial charge in [-0.1, -0.05) is 29.8 Å². The van der Waals surface area contributed by atoms with E-state index in [1.807, 2.05) is 6.26 Å². The van der Waals surface area contributed by atoms with Gasteiger partial charge in [-0.05, 0) is 54.8 Å². The monoisotopic (exact) mass is 481 g/mol. The summed E-state index contributed by atoms with van der Waals surface area (Å²) in [4.78, 5) is 12.7. The first-order valence-corrected chi connectivity index (χ1v) is 12.5. The van der Waals surface area contributed by atoms with E-state index in [-0.39, 0.29) is 29.7 Å². The third-order valence-corrected chi connectivity index (χ3v) is 6.53. The topological polar surface area (TPSA) is 111 Å². The lowest BCUT2D eigenvalue weighted by Crippen LogP contribution is -2.42. The molecule has 0 radical (unpaired) electrons. The van der Waals surface area contributed by atoms with Gasteiger partial charge >= 0.3 is 5.97 Å². The molecule has 1 aromatic heterocycles. The highest BCUT2D eigenvalue weighted by molar-refractivity contribution is 7.98. The van der Waals surface area contributed by atoms with Crippen LogP contribution in [0, 0.1) is 0 Å². The molecule has 0 aliphatic carbocycles. The predicted molar refractivity (Wildman–Crippen MR) is 118 cm³/mol. The van der Waals surface area contributed by atoms with Crippen LogP contribution in [0.1, 0.15) is 12.3 Å². The van der Waals surface area contributed by atoms with Crippen molar-refractivity contribution in [2.24, 2.45) is 0 Å². The van der Waals surface area contributed by atoms with Crippen molar-refractivity contribution in [3.05, 3.63) is 65.5 Å². The molecule has 0 aliphatic heterocycles. The van der Waals surface area contributed by atoms with Crippen molar-refractivity contribution in [3.8, 4) is 11.5 Å². The Hall–Kier alpha value is -2.40. The number of aromatic nitrogens is 2. The summed E-state index contributed by atoms with van der Waals surface area (Å²) in [6, 6.07) is 13.6. The summed E-state index contributed by atoms with van der Waals surface area (Å²) in [7, 11) is -3.88. The van der Waals surface area contributed by atoms with E-state index in [0.29, 0.717) is 16.3 Å². The first kappa shape index (κ1) is 23.3. The lowest BCUT2D eigenvalue weighted by Gasteiger charge is -2.17. The van der Waals surface area contributed by atoms with E-state index >= 15 is 0 Å². The minimum atomic E-state index is -3.88. The fourth-order valence-corrected chi connectivity index (χ4v) is 4.41. The van der Waals surface area contributed by atoms with E-state index in [1.54, 1.807) is 42.5 Å². The first-order chi connectivity index (χ1) is 14.9. The molecule has 0 bridgehead atoms. The Morgan fingerprint density at radius 3 is 2.55 bits per heavy atom. The Balaban J connectivity index is 1.65. The van der Waals surface area contributed by atoms with E-state index in [1.165, 1.54) is 23.9 Å². The summed E-state index contributed by atoms with van der Waals surface area (Å²) in [5, 5.41) is 8.36. The van der Waals surface area contributed by atoms with Crippen LogP contribution in [0.25, 0.3) is 11.5 Å². The molecule has 8 nitrogen and oxygen atoms in total. The highest BCUT2D eigenvalue weighted by Crippen LogP contribution is 2.20. The van der Waals surface area contributed by atoms with Crippen molar-refractivity contribution in [2.45, 2.75) is 24.0 Å². The van der Waals surface area contributed by atoms with Gasteiger partial charge in [0.25, 0.3) is 5.89 Å². The van der Waals surface area contributed by atoms with Crippen LogP contribution >= 0.6 is 23.4 Å². The molecular weight excluding hydrogens is 462 g/mol. The number of ether oxygens (including phenoxy) is 1. The van der Waals surface area contributed by atoms with Crippen molar-refractivity contribution in [2.75, 3.05) is 12.0 Å². The number of carbonyl (C=O) groups is 1. The van der Waals surface area contributed by atoms with Gasteiger partial charge in [-0.2, -0.15) is 16.5 Å². The maximum absolute atomic E-state index is 12.6. The Bertz CT molecular complexity index is 1110. The molecule has 164 valence electrons. The molecule has 0 amide bonds. The molecule has 0 fully saturated rings. The van der Waals surface area contributed by atoms with Gasteiger partial charge in [0.05, 0.1) is 4.90 Å². The normalized spacial score (nSPS) is 12.5. The van der Waals surface area contributed by atoms with Crippen LogP contribution in [0.5, 0.6) is 0 Å². The van der Waals surface area contributed by atoms with E-state index in [4.69, 9.17) is 20.8 Å². The largest absolute Gasteiger partial charge is 0.454 e. The zero-order valence-corrected chi connectivity index (χ0v) is 18.9. The fraction of sp³-hybridized carbons (Fsp3) is 0.250. The molecule has 1 atom stereocenters. The molecule has 3 aromatic rings. The molecule has 0 saturated carbocycles. The molecule has 11 heteroatoms. The van der Waals surface area contributed by atoms with Crippen LogP contribution in [-0.4, -0.2) is 42.6 Å². The van der Waals surface area contributed by atoms with Crippen LogP contribution in [-0.2, 0) is 26.2 Å². The quantitative estimate of drug-likeness (QED) is 0.438. The van der Waals surface area contributed by atoms with Crippen LogP contribution in [0.2, 0.25) is 5.02 Å². The molecule has 0 saturated heterocycles. The number of nitrogens with zero attached hydrogens (tertiary/aromatic N) is 2. The van der Waals surface area contributed by atoms with Crippen molar-refractivity contribution >= 4 is 39.4 Å². The second-order valence-corrected chi connectivity index (χ2v) is 9.52. The van der Waals surface area contributed by atoms with E-state index < -0.39 is 22.0 Å². The molecule has 0 spiro atoms. The summed E-state index contributed by atoms with van der Waals surface area (Å²) >= 11 is 7.36. The van der Waals surface area contributed by atoms with Gasteiger partial charge in [0, 0.05) is 10.6 Å². The number of esters is 1. The average Bonchev–Trinajstić information content (AvgIpc) is 3.25. The maximum atomic E-state index is 12.6. The highest BCUT2D eigenvalue weighted by atomic mass is 35.5. The number of benzene rings is 2. The number of thioether (sulfide) groups is 1. The second-order valence-electron chi connectivity index (χ2n) is 6.38. The van der Waals surface area contributed by atoms with Crippen LogP contribution < -0.4 is 4.72 Å². The Morgan fingerprint density at radius 1 is 1.16 bits per heavy atom. The second kappa shape index (κ2) is 10.8. The van der Waals surface area contributed by atoms with Gasteiger partial charge in [-0.3, -0.25) is 4.79 Å².